The van der Waals surface area contributed by atoms with Gasteiger partial charge in [-0.05, 0) is 6.42 Å². The Labute approximate surface area is 82.9 Å². The molecule has 2 heterocycles. The number of anilines is 1. The van der Waals surface area contributed by atoms with Crippen molar-refractivity contribution in [1.29, 1.82) is 0 Å². The first-order valence-corrected chi connectivity index (χ1v) is 5.01. The Hall–Kier alpha value is -1.06. The van der Waals surface area contributed by atoms with Gasteiger partial charge in [0.15, 0.2) is 0 Å². The first-order chi connectivity index (χ1) is 6.66. The predicted octanol–water partition coefficient (Wildman–Crippen LogP) is 2.35. The van der Waals surface area contributed by atoms with Crippen molar-refractivity contribution in [3.05, 3.63) is 12.0 Å². The van der Waals surface area contributed by atoms with E-state index in [0.29, 0.717) is 31.4 Å². The van der Waals surface area contributed by atoms with E-state index in [1.807, 2.05) is 18.7 Å². The number of rotatable bonds is 2. The minimum absolute atomic E-state index is 0.333. The number of hydrogen-bond acceptors (Lipinski definition) is 3. The van der Waals surface area contributed by atoms with Gasteiger partial charge in [0.25, 0.3) is 6.01 Å². The van der Waals surface area contributed by atoms with Crippen LogP contribution in [0.3, 0.4) is 0 Å². The zero-order chi connectivity index (χ0) is 10.1. The zero-order valence-electron chi connectivity index (χ0n) is 8.53. The van der Waals surface area contributed by atoms with E-state index in [-0.39, 0.29) is 0 Å². The molecule has 1 atom stereocenters. The molecule has 1 aliphatic rings. The summed E-state index contributed by atoms with van der Waals surface area (Å²) in [4.78, 5) is 6.00. The van der Waals surface area contributed by atoms with Gasteiger partial charge in [-0.2, -0.15) is 0 Å². The quantitative estimate of drug-likeness (QED) is 0.730. The summed E-state index contributed by atoms with van der Waals surface area (Å²) >= 11 is 0. The third-order valence-electron chi connectivity index (χ3n) is 2.48. The Balaban J connectivity index is 2.09. The van der Waals surface area contributed by atoms with Crippen molar-refractivity contribution in [2.24, 2.45) is 0 Å². The lowest BCUT2D eigenvalue weighted by Crippen LogP contribution is -2.20. The van der Waals surface area contributed by atoms with E-state index >= 15 is 0 Å². The van der Waals surface area contributed by atoms with Crippen LogP contribution in [0.5, 0.6) is 0 Å². The van der Waals surface area contributed by atoms with Gasteiger partial charge in [0.05, 0.1) is 12.7 Å². The minimum Gasteiger partial charge on any atom is -0.428 e. The molecular formula is C10H15FN2O. The number of aromatic nitrogens is 1. The highest BCUT2D eigenvalue weighted by molar-refractivity contribution is 5.29. The van der Waals surface area contributed by atoms with E-state index in [0.717, 1.165) is 5.76 Å². The molecule has 0 amide bonds. The molecule has 1 fully saturated rings. The molecule has 1 aliphatic heterocycles. The molecule has 0 aromatic carbocycles. The van der Waals surface area contributed by atoms with Gasteiger partial charge < -0.3 is 9.32 Å². The zero-order valence-corrected chi connectivity index (χ0v) is 8.53. The molecule has 14 heavy (non-hydrogen) atoms. The normalized spacial score (nSPS) is 22.3. The molecule has 78 valence electrons. The summed E-state index contributed by atoms with van der Waals surface area (Å²) in [6.45, 7) is 5.22. The smallest absolute Gasteiger partial charge is 0.297 e. The summed E-state index contributed by atoms with van der Waals surface area (Å²) < 4.78 is 18.4. The standard InChI is InChI=1S/C10H15FN2O/c1-7(2)9-5-12-10(14-9)13-4-3-8(11)6-13/h5,7-8H,3-4,6H2,1-2H3/t8-/m1/s1. The van der Waals surface area contributed by atoms with E-state index in [9.17, 15) is 4.39 Å². The summed E-state index contributed by atoms with van der Waals surface area (Å²) in [6, 6.07) is 0.564. The van der Waals surface area contributed by atoms with Crippen LogP contribution in [0, 0.1) is 0 Å². The van der Waals surface area contributed by atoms with Gasteiger partial charge in [-0.1, -0.05) is 13.8 Å². The van der Waals surface area contributed by atoms with Crippen molar-refractivity contribution < 1.29 is 8.81 Å². The highest BCUT2D eigenvalue weighted by Gasteiger charge is 2.25. The Morgan fingerprint density at radius 3 is 2.93 bits per heavy atom. The van der Waals surface area contributed by atoms with Gasteiger partial charge in [0.2, 0.25) is 0 Å². The van der Waals surface area contributed by atoms with Crippen LogP contribution in [-0.2, 0) is 0 Å². The van der Waals surface area contributed by atoms with Crippen molar-refractivity contribution in [1.82, 2.24) is 4.98 Å². The summed E-state index contributed by atoms with van der Waals surface area (Å²) in [5, 5.41) is 0. The molecule has 4 heteroatoms. The molecule has 0 N–H and O–H groups in total. The fraction of sp³-hybridized carbons (Fsp3) is 0.700. The van der Waals surface area contributed by atoms with Gasteiger partial charge in [-0.25, -0.2) is 9.37 Å². The summed E-state index contributed by atoms with van der Waals surface area (Å²) in [5.41, 5.74) is 0. The monoisotopic (exact) mass is 198 g/mol. The highest BCUT2D eigenvalue weighted by Crippen LogP contribution is 2.24. The van der Waals surface area contributed by atoms with Gasteiger partial charge in [-0.15, -0.1) is 0 Å². The molecule has 0 bridgehead atoms. The fourth-order valence-corrected chi connectivity index (χ4v) is 1.58. The van der Waals surface area contributed by atoms with Crippen LogP contribution in [0.4, 0.5) is 10.4 Å². The number of nitrogens with zero attached hydrogens (tertiary/aromatic N) is 2. The summed E-state index contributed by atoms with van der Waals surface area (Å²) in [6.07, 6.45) is 1.58. The number of oxazole rings is 1. The average Bonchev–Trinajstić information content (AvgIpc) is 2.70. The van der Waals surface area contributed by atoms with Crippen molar-refractivity contribution >= 4 is 6.01 Å². The lowest BCUT2D eigenvalue weighted by atomic mass is 10.2. The minimum atomic E-state index is -0.732. The highest BCUT2D eigenvalue weighted by atomic mass is 19.1. The van der Waals surface area contributed by atoms with Crippen LogP contribution in [0.2, 0.25) is 0 Å². The van der Waals surface area contributed by atoms with Crippen molar-refractivity contribution in [3.63, 3.8) is 0 Å². The SMILES string of the molecule is CC(C)c1cnc(N2CC[C@@H](F)C2)o1. The van der Waals surface area contributed by atoms with Crippen LogP contribution in [0.25, 0.3) is 0 Å². The van der Waals surface area contributed by atoms with Crippen LogP contribution in [0.15, 0.2) is 10.6 Å². The molecule has 0 unspecified atom stereocenters. The van der Waals surface area contributed by atoms with Gasteiger partial charge in [-0.3, -0.25) is 0 Å². The summed E-state index contributed by atoms with van der Waals surface area (Å²) in [5.74, 6) is 1.20. The lowest BCUT2D eigenvalue weighted by molar-refractivity contribution is 0.362. The molecular weight excluding hydrogens is 183 g/mol. The van der Waals surface area contributed by atoms with Crippen molar-refractivity contribution in [2.75, 3.05) is 18.0 Å². The molecule has 1 saturated heterocycles. The second-order valence-corrected chi connectivity index (χ2v) is 4.03. The Morgan fingerprint density at radius 1 is 1.64 bits per heavy atom. The first kappa shape index (κ1) is 9.49. The molecule has 0 saturated carbocycles. The maximum atomic E-state index is 12.9. The Kier molecular flexibility index (Phi) is 2.44. The fourth-order valence-electron chi connectivity index (χ4n) is 1.58. The maximum absolute atomic E-state index is 12.9. The topological polar surface area (TPSA) is 29.3 Å². The second-order valence-electron chi connectivity index (χ2n) is 4.03. The largest absolute Gasteiger partial charge is 0.428 e. The van der Waals surface area contributed by atoms with E-state index in [2.05, 4.69) is 4.98 Å². The lowest BCUT2D eigenvalue weighted by Gasteiger charge is -2.11. The van der Waals surface area contributed by atoms with Crippen LogP contribution < -0.4 is 4.90 Å². The number of hydrogen-bond donors (Lipinski definition) is 0. The van der Waals surface area contributed by atoms with Crippen molar-refractivity contribution in [2.45, 2.75) is 32.4 Å². The molecule has 0 radical (unpaired) electrons. The number of halogens is 1. The van der Waals surface area contributed by atoms with Gasteiger partial charge >= 0.3 is 0 Å². The molecule has 2 rings (SSSR count). The van der Waals surface area contributed by atoms with Crippen LogP contribution in [0.1, 0.15) is 31.9 Å². The van der Waals surface area contributed by atoms with Crippen LogP contribution >= 0.6 is 0 Å². The molecule has 0 spiro atoms. The van der Waals surface area contributed by atoms with Gasteiger partial charge in [0, 0.05) is 12.5 Å². The van der Waals surface area contributed by atoms with E-state index in [1.165, 1.54) is 0 Å². The maximum Gasteiger partial charge on any atom is 0.297 e. The predicted molar refractivity (Wildman–Crippen MR) is 52.3 cm³/mol. The Morgan fingerprint density at radius 2 is 2.43 bits per heavy atom. The second kappa shape index (κ2) is 3.59. The molecule has 3 nitrogen and oxygen atoms in total. The molecule has 1 aromatic heterocycles. The van der Waals surface area contributed by atoms with E-state index < -0.39 is 6.17 Å². The number of alkyl halides is 1. The van der Waals surface area contributed by atoms with Crippen molar-refractivity contribution in [3.8, 4) is 0 Å². The van der Waals surface area contributed by atoms with E-state index in [4.69, 9.17) is 4.42 Å². The molecule has 0 aliphatic carbocycles. The third kappa shape index (κ3) is 1.74. The van der Waals surface area contributed by atoms with E-state index in [1.54, 1.807) is 6.20 Å². The third-order valence-corrected chi connectivity index (χ3v) is 2.48. The van der Waals surface area contributed by atoms with Crippen LogP contribution in [-0.4, -0.2) is 24.2 Å². The average molecular weight is 198 g/mol. The first-order valence-electron chi connectivity index (χ1n) is 5.01. The molecule has 1 aromatic rings. The summed E-state index contributed by atoms with van der Waals surface area (Å²) in [7, 11) is 0. The Bertz CT molecular complexity index is 311. The van der Waals surface area contributed by atoms with Gasteiger partial charge in [0.1, 0.15) is 11.9 Å².